The van der Waals surface area contributed by atoms with Crippen LogP contribution in [-0.2, 0) is 4.74 Å². The van der Waals surface area contributed by atoms with Gasteiger partial charge in [-0.05, 0) is 12.1 Å². The zero-order valence-electron chi connectivity index (χ0n) is 8.48. The fraction of sp³-hybridized carbons (Fsp3) is 0.222. The van der Waals surface area contributed by atoms with E-state index < -0.39 is 24.3 Å². The van der Waals surface area contributed by atoms with Crippen LogP contribution in [-0.4, -0.2) is 24.3 Å². The van der Waals surface area contributed by atoms with E-state index in [1.165, 1.54) is 12.1 Å². The lowest BCUT2D eigenvalue weighted by Gasteiger charge is -2.06. The fourth-order valence-electron chi connectivity index (χ4n) is 1.04. The second kappa shape index (κ2) is 6.00. The molecule has 0 spiro atoms. The van der Waals surface area contributed by atoms with Crippen molar-refractivity contribution in [2.24, 2.45) is 0 Å². The molecule has 0 aliphatic heterocycles. The van der Waals surface area contributed by atoms with Gasteiger partial charge in [-0.2, -0.15) is 0 Å². The van der Waals surface area contributed by atoms with E-state index in [2.05, 4.69) is 10.1 Å². The van der Waals surface area contributed by atoms with Crippen LogP contribution >= 0.6 is 11.6 Å². The highest BCUT2D eigenvalue weighted by molar-refractivity contribution is 6.31. The van der Waals surface area contributed by atoms with Crippen molar-refractivity contribution in [3.63, 3.8) is 0 Å². The second-order valence-electron chi connectivity index (χ2n) is 2.87. The van der Waals surface area contributed by atoms with Crippen LogP contribution in [0, 0.1) is 10.1 Å². The van der Waals surface area contributed by atoms with Crippen LogP contribution in [0.2, 0.25) is 5.02 Å². The van der Waals surface area contributed by atoms with Crippen LogP contribution in [0.15, 0.2) is 18.2 Å². The molecule has 0 saturated carbocycles. The Morgan fingerprint density at radius 2 is 2.29 bits per heavy atom. The average molecular weight is 263 g/mol. The molecule has 0 aromatic heterocycles. The van der Waals surface area contributed by atoms with E-state index in [-0.39, 0.29) is 16.4 Å². The molecule has 0 radical (unpaired) electrons. The van der Waals surface area contributed by atoms with E-state index >= 15 is 0 Å². The first-order valence-electron chi connectivity index (χ1n) is 4.48. The number of ether oxygens (including phenoxy) is 1. The number of halogens is 2. The van der Waals surface area contributed by atoms with Gasteiger partial charge >= 0.3 is 6.09 Å². The van der Waals surface area contributed by atoms with E-state index in [0.29, 0.717) is 0 Å². The quantitative estimate of drug-likeness (QED) is 0.668. The van der Waals surface area contributed by atoms with Gasteiger partial charge in [-0.1, -0.05) is 11.6 Å². The molecule has 0 aliphatic carbocycles. The van der Waals surface area contributed by atoms with Gasteiger partial charge in [-0.25, -0.2) is 9.18 Å². The number of hydrogen-bond acceptors (Lipinski definition) is 4. The third-order valence-corrected chi connectivity index (χ3v) is 1.94. The maximum absolute atomic E-state index is 11.7. The first-order chi connectivity index (χ1) is 8.04. The number of amides is 1. The van der Waals surface area contributed by atoms with Crippen LogP contribution in [0.5, 0.6) is 0 Å². The van der Waals surface area contributed by atoms with Gasteiger partial charge in [-0.3, -0.25) is 15.4 Å². The molecule has 1 aromatic rings. The van der Waals surface area contributed by atoms with Gasteiger partial charge in [0.1, 0.15) is 19.0 Å². The summed E-state index contributed by atoms with van der Waals surface area (Å²) in [6.45, 7) is -1.23. The molecule has 0 aliphatic rings. The van der Waals surface area contributed by atoms with Gasteiger partial charge in [0.2, 0.25) is 0 Å². The summed E-state index contributed by atoms with van der Waals surface area (Å²) in [6.07, 6.45) is -0.965. The van der Waals surface area contributed by atoms with Crippen molar-refractivity contribution < 1.29 is 18.8 Å². The molecule has 0 unspecified atom stereocenters. The lowest BCUT2D eigenvalue weighted by molar-refractivity contribution is -0.383. The van der Waals surface area contributed by atoms with E-state index in [1.807, 2.05) is 0 Å². The summed E-state index contributed by atoms with van der Waals surface area (Å²) in [4.78, 5) is 21.0. The van der Waals surface area contributed by atoms with E-state index in [1.54, 1.807) is 0 Å². The number of anilines is 1. The zero-order chi connectivity index (χ0) is 12.8. The largest absolute Gasteiger partial charge is 0.447 e. The number of carbonyl (C=O) groups excluding carboxylic acids is 1. The standard InChI is InChI=1S/C9H8ClFN2O4/c10-6-1-2-7(8(5-6)13(15)16)12-9(14)17-4-3-11/h1-2,5H,3-4H2,(H,12,14). The van der Waals surface area contributed by atoms with Crippen LogP contribution in [0.25, 0.3) is 0 Å². The number of nitro benzene ring substituents is 1. The number of benzene rings is 1. The van der Waals surface area contributed by atoms with Gasteiger partial charge < -0.3 is 4.74 Å². The van der Waals surface area contributed by atoms with Gasteiger partial charge in [0, 0.05) is 11.1 Å². The summed E-state index contributed by atoms with van der Waals surface area (Å²) < 4.78 is 16.1. The lowest BCUT2D eigenvalue weighted by atomic mass is 10.3. The number of carbonyl (C=O) groups is 1. The summed E-state index contributed by atoms with van der Waals surface area (Å²) >= 11 is 5.58. The third-order valence-electron chi connectivity index (χ3n) is 1.70. The normalized spacial score (nSPS) is 9.76. The van der Waals surface area contributed by atoms with Gasteiger partial charge in [0.25, 0.3) is 5.69 Å². The minimum Gasteiger partial charge on any atom is -0.447 e. The maximum atomic E-state index is 11.7. The molecule has 8 heteroatoms. The Labute approximate surface area is 100 Å². The smallest absolute Gasteiger partial charge is 0.411 e. The molecule has 1 aromatic carbocycles. The number of nitro groups is 1. The zero-order valence-corrected chi connectivity index (χ0v) is 9.24. The molecule has 0 fully saturated rings. The molecule has 0 heterocycles. The summed E-state index contributed by atoms with van der Waals surface area (Å²) in [6, 6.07) is 3.73. The molecule has 92 valence electrons. The monoisotopic (exact) mass is 262 g/mol. The highest BCUT2D eigenvalue weighted by Crippen LogP contribution is 2.27. The summed E-state index contributed by atoms with van der Waals surface area (Å²) in [7, 11) is 0. The number of nitrogens with zero attached hydrogens (tertiary/aromatic N) is 1. The number of hydrogen-bond donors (Lipinski definition) is 1. The minimum absolute atomic E-state index is 0.0664. The van der Waals surface area contributed by atoms with Gasteiger partial charge in [-0.15, -0.1) is 0 Å². The maximum Gasteiger partial charge on any atom is 0.411 e. The molecular formula is C9H8ClFN2O4. The molecule has 17 heavy (non-hydrogen) atoms. The van der Waals surface area contributed by atoms with Crippen LogP contribution in [0.4, 0.5) is 20.6 Å². The number of rotatable bonds is 4. The Morgan fingerprint density at radius 3 is 2.88 bits per heavy atom. The summed E-state index contributed by atoms with van der Waals surface area (Å²) in [5.41, 5.74) is -0.432. The van der Waals surface area contributed by atoms with Crippen molar-refractivity contribution in [1.82, 2.24) is 0 Å². The van der Waals surface area contributed by atoms with Crippen molar-refractivity contribution in [1.29, 1.82) is 0 Å². The molecule has 0 saturated heterocycles. The van der Waals surface area contributed by atoms with Gasteiger partial charge in [0.05, 0.1) is 4.92 Å². The second-order valence-corrected chi connectivity index (χ2v) is 3.30. The Bertz CT molecular complexity index is 441. The number of alkyl halides is 1. The van der Waals surface area contributed by atoms with Crippen molar-refractivity contribution in [2.75, 3.05) is 18.6 Å². The summed E-state index contributed by atoms with van der Waals surface area (Å²) in [5, 5.41) is 13.0. The molecule has 1 rings (SSSR count). The first-order valence-corrected chi connectivity index (χ1v) is 4.86. The highest BCUT2D eigenvalue weighted by Gasteiger charge is 2.16. The molecule has 1 amide bonds. The molecule has 0 bridgehead atoms. The molecule has 1 N–H and O–H groups in total. The topological polar surface area (TPSA) is 81.5 Å². The average Bonchev–Trinajstić information content (AvgIpc) is 2.28. The minimum atomic E-state index is -0.965. The first kappa shape index (κ1) is 13.2. The van der Waals surface area contributed by atoms with Gasteiger partial charge in [0.15, 0.2) is 0 Å². The third kappa shape index (κ3) is 3.87. The van der Waals surface area contributed by atoms with Crippen molar-refractivity contribution in [3.8, 4) is 0 Å². The molecular weight excluding hydrogens is 255 g/mol. The van der Waals surface area contributed by atoms with Crippen LogP contribution in [0.1, 0.15) is 0 Å². The van der Waals surface area contributed by atoms with Crippen LogP contribution in [0.3, 0.4) is 0 Å². The van der Waals surface area contributed by atoms with Crippen LogP contribution < -0.4 is 5.32 Å². The SMILES string of the molecule is O=C(Nc1ccc(Cl)cc1[N+](=O)[O-])OCCF. The molecule has 0 atom stereocenters. The van der Waals surface area contributed by atoms with Crippen molar-refractivity contribution >= 4 is 29.1 Å². The number of nitrogens with one attached hydrogen (secondary N) is 1. The molecule has 6 nitrogen and oxygen atoms in total. The Hall–Kier alpha value is -1.89. The Morgan fingerprint density at radius 1 is 1.59 bits per heavy atom. The Kier molecular flexibility index (Phi) is 4.65. The highest BCUT2D eigenvalue weighted by atomic mass is 35.5. The van der Waals surface area contributed by atoms with E-state index in [9.17, 15) is 19.3 Å². The fourth-order valence-corrected chi connectivity index (χ4v) is 1.21. The summed E-state index contributed by atoms with van der Waals surface area (Å²) in [5.74, 6) is 0. The van der Waals surface area contributed by atoms with E-state index in [0.717, 1.165) is 6.07 Å². The van der Waals surface area contributed by atoms with Crippen molar-refractivity contribution in [3.05, 3.63) is 33.3 Å². The van der Waals surface area contributed by atoms with Crippen molar-refractivity contribution in [2.45, 2.75) is 0 Å². The van der Waals surface area contributed by atoms with E-state index in [4.69, 9.17) is 11.6 Å². The predicted octanol–water partition coefficient (Wildman–Crippen LogP) is 2.77. The predicted molar refractivity (Wildman–Crippen MR) is 59.1 cm³/mol. The Balaban J connectivity index is 2.83. The lowest BCUT2D eigenvalue weighted by Crippen LogP contribution is -2.15.